The molecule has 7 heteroatoms. The minimum atomic E-state index is -3.19. The van der Waals surface area contributed by atoms with Gasteiger partial charge in [0.2, 0.25) is 11.8 Å². The summed E-state index contributed by atoms with van der Waals surface area (Å²) < 4.78 is 23.7. The van der Waals surface area contributed by atoms with Crippen LogP contribution in [0.25, 0.3) is 0 Å². The molecule has 0 spiro atoms. The van der Waals surface area contributed by atoms with Gasteiger partial charge < -0.3 is 10.2 Å². The van der Waals surface area contributed by atoms with Gasteiger partial charge in [-0.15, -0.1) is 0 Å². The van der Waals surface area contributed by atoms with Crippen molar-refractivity contribution < 1.29 is 18.0 Å². The largest absolute Gasteiger partial charge is 0.340 e. The number of nitrogens with one attached hydrogen (secondary N) is 1. The zero-order valence-electron chi connectivity index (χ0n) is 13.5. The van der Waals surface area contributed by atoms with Crippen LogP contribution in [0.3, 0.4) is 0 Å². The topological polar surface area (TPSA) is 83.6 Å². The fourth-order valence-electron chi connectivity index (χ4n) is 2.40. The van der Waals surface area contributed by atoms with E-state index in [9.17, 15) is 18.0 Å². The van der Waals surface area contributed by atoms with Crippen LogP contribution in [0.1, 0.15) is 47.5 Å². The second kappa shape index (κ2) is 5.94. The number of nitrogens with zero attached hydrogens (tertiary/aromatic N) is 1. The highest BCUT2D eigenvalue weighted by Crippen LogP contribution is 2.27. The number of hydrogen-bond donors (Lipinski definition) is 1. The normalized spacial score (nSPS) is 25.9. The number of carbonyl (C=O) groups excluding carboxylic acids is 2. The van der Waals surface area contributed by atoms with Gasteiger partial charge in [-0.2, -0.15) is 0 Å². The number of hydrogen-bond acceptors (Lipinski definition) is 4. The first kappa shape index (κ1) is 17.9. The second-order valence-corrected chi connectivity index (χ2v) is 8.61. The fraction of sp³-hybridized carbons (Fsp3) is 0.857. The van der Waals surface area contributed by atoms with Crippen molar-refractivity contribution in [2.45, 2.75) is 58.5 Å². The second-order valence-electron chi connectivity index (χ2n) is 6.31. The summed E-state index contributed by atoms with van der Waals surface area (Å²) in [6.07, 6.45) is 1.01. The molecule has 1 atom stereocenters. The number of carbonyl (C=O) groups is 2. The Morgan fingerprint density at radius 2 is 1.67 bits per heavy atom. The van der Waals surface area contributed by atoms with E-state index in [1.54, 1.807) is 27.7 Å². The minimum absolute atomic E-state index is 0.0528. The lowest BCUT2D eigenvalue weighted by atomic mass is 9.87. The molecule has 0 aliphatic carbocycles. The van der Waals surface area contributed by atoms with Crippen LogP contribution in [0.15, 0.2) is 0 Å². The van der Waals surface area contributed by atoms with E-state index in [1.165, 1.54) is 4.90 Å². The Morgan fingerprint density at radius 3 is 2.14 bits per heavy atom. The molecule has 1 saturated heterocycles. The zero-order chi connectivity index (χ0) is 16.5. The van der Waals surface area contributed by atoms with Crippen molar-refractivity contribution in [1.82, 2.24) is 10.2 Å². The van der Waals surface area contributed by atoms with Crippen LogP contribution in [-0.4, -0.2) is 54.3 Å². The van der Waals surface area contributed by atoms with Crippen molar-refractivity contribution in [1.29, 1.82) is 0 Å². The lowest BCUT2D eigenvalue weighted by Crippen LogP contribution is -2.73. The molecular weight excluding hydrogens is 292 g/mol. The summed E-state index contributed by atoms with van der Waals surface area (Å²) in [5.74, 6) is -0.476. The van der Waals surface area contributed by atoms with Crippen LogP contribution >= 0.6 is 0 Å². The van der Waals surface area contributed by atoms with E-state index in [4.69, 9.17) is 0 Å². The summed E-state index contributed by atoms with van der Waals surface area (Å²) in [4.78, 5) is 26.3. The fourth-order valence-corrected chi connectivity index (χ4v) is 3.68. The van der Waals surface area contributed by atoms with Crippen molar-refractivity contribution in [2.75, 3.05) is 18.1 Å². The summed E-state index contributed by atoms with van der Waals surface area (Å²) in [6, 6.07) is 0. The summed E-state index contributed by atoms with van der Waals surface area (Å²) in [7, 11) is -3.19. The SMILES string of the molecule is CCCS(=O)(=O)CCN1C(=O)C(C)(CC)NC(=O)C1(C)C. The third-order valence-corrected chi connectivity index (χ3v) is 6.02. The Bertz CT molecular complexity index is 527. The summed E-state index contributed by atoms with van der Waals surface area (Å²) >= 11 is 0. The van der Waals surface area contributed by atoms with E-state index in [-0.39, 0.29) is 29.9 Å². The van der Waals surface area contributed by atoms with Gasteiger partial charge >= 0.3 is 0 Å². The molecule has 0 aromatic carbocycles. The maximum atomic E-state index is 12.6. The molecule has 1 heterocycles. The lowest BCUT2D eigenvalue weighted by molar-refractivity contribution is -0.160. The van der Waals surface area contributed by atoms with Gasteiger partial charge in [0.05, 0.1) is 5.75 Å². The Hall–Kier alpha value is -1.11. The van der Waals surface area contributed by atoms with Gasteiger partial charge in [-0.3, -0.25) is 9.59 Å². The molecule has 0 radical (unpaired) electrons. The first-order chi connectivity index (χ1) is 9.50. The molecule has 1 aliphatic heterocycles. The number of piperazine rings is 1. The Kier molecular flexibility index (Phi) is 5.08. The monoisotopic (exact) mass is 318 g/mol. The third kappa shape index (κ3) is 3.56. The van der Waals surface area contributed by atoms with Crippen molar-refractivity contribution in [3.05, 3.63) is 0 Å². The van der Waals surface area contributed by atoms with E-state index in [0.29, 0.717) is 12.8 Å². The van der Waals surface area contributed by atoms with Crippen LogP contribution in [0, 0.1) is 0 Å². The minimum Gasteiger partial charge on any atom is -0.340 e. The first-order valence-corrected chi connectivity index (χ1v) is 9.17. The Balaban J connectivity index is 3.00. The van der Waals surface area contributed by atoms with Crippen LogP contribution in [0.5, 0.6) is 0 Å². The highest BCUT2D eigenvalue weighted by molar-refractivity contribution is 7.91. The quantitative estimate of drug-likeness (QED) is 0.782. The molecular formula is C14H26N2O4S. The Morgan fingerprint density at radius 1 is 1.10 bits per heavy atom. The maximum absolute atomic E-state index is 12.6. The van der Waals surface area contributed by atoms with Gasteiger partial charge in [0.25, 0.3) is 0 Å². The molecule has 122 valence electrons. The molecule has 0 bridgehead atoms. The van der Waals surface area contributed by atoms with Gasteiger partial charge in [-0.25, -0.2) is 8.42 Å². The molecule has 1 N–H and O–H groups in total. The number of rotatable bonds is 6. The van der Waals surface area contributed by atoms with E-state index < -0.39 is 20.9 Å². The standard InChI is InChI=1S/C14H26N2O4S/c1-6-9-21(19,20)10-8-16-12(18)14(5,7-2)15-11(17)13(16,3)4/h6-10H2,1-5H3,(H,15,17). The molecule has 1 rings (SSSR count). The van der Waals surface area contributed by atoms with Gasteiger partial charge in [0.1, 0.15) is 11.1 Å². The predicted molar refractivity (Wildman–Crippen MR) is 81.6 cm³/mol. The van der Waals surface area contributed by atoms with E-state index in [0.717, 1.165) is 0 Å². The highest BCUT2D eigenvalue weighted by atomic mass is 32.2. The van der Waals surface area contributed by atoms with Crippen LogP contribution in [-0.2, 0) is 19.4 Å². The molecule has 21 heavy (non-hydrogen) atoms. The van der Waals surface area contributed by atoms with Gasteiger partial charge in [-0.1, -0.05) is 13.8 Å². The van der Waals surface area contributed by atoms with Gasteiger partial charge in [0.15, 0.2) is 9.84 Å². The van der Waals surface area contributed by atoms with Crippen molar-refractivity contribution in [3.63, 3.8) is 0 Å². The number of sulfone groups is 1. The molecule has 0 aromatic rings. The third-order valence-electron chi connectivity index (χ3n) is 4.19. The molecule has 0 aromatic heterocycles. The van der Waals surface area contributed by atoms with Crippen LogP contribution in [0.4, 0.5) is 0 Å². The van der Waals surface area contributed by atoms with Crippen molar-refractivity contribution in [3.8, 4) is 0 Å². The molecule has 1 unspecified atom stereocenters. The van der Waals surface area contributed by atoms with Crippen molar-refractivity contribution >= 4 is 21.7 Å². The van der Waals surface area contributed by atoms with Crippen molar-refractivity contribution in [2.24, 2.45) is 0 Å². The van der Waals surface area contributed by atoms with E-state index >= 15 is 0 Å². The molecule has 0 saturated carbocycles. The molecule has 1 fully saturated rings. The lowest BCUT2D eigenvalue weighted by Gasteiger charge is -2.48. The predicted octanol–water partition coefficient (Wildman–Crippen LogP) is 0.717. The summed E-state index contributed by atoms with van der Waals surface area (Å²) in [5.41, 5.74) is -1.99. The van der Waals surface area contributed by atoms with Crippen LogP contribution < -0.4 is 5.32 Å². The van der Waals surface area contributed by atoms with Crippen LogP contribution in [0.2, 0.25) is 0 Å². The van der Waals surface area contributed by atoms with Gasteiger partial charge in [0, 0.05) is 12.3 Å². The first-order valence-electron chi connectivity index (χ1n) is 7.35. The Labute approximate surface area is 127 Å². The smallest absolute Gasteiger partial charge is 0.248 e. The molecule has 6 nitrogen and oxygen atoms in total. The average molecular weight is 318 g/mol. The number of amides is 2. The summed E-state index contributed by atoms with van der Waals surface area (Å²) in [5, 5.41) is 2.76. The van der Waals surface area contributed by atoms with E-state index in [2.05, 4.69) is 5.32 Å². The maximum Gasteiger partial charge on any atom is 0.248 e. The van der Waals surface area contributed by atoms with Gasteiger partial charge in [-0.05, 0) is 33.6 Å². The summed E-state index contributed by atoms with van der Waals surface area (Å²) in [6.45, 7) is 8.63. The average Bonchev–Trinajstić information content (AvgIpc) is 2.36. The molecule has 2 amide bonds. The van der Waals surface area contributed by atoms with E-state index in [1.807, 2.05) is 6.92 Å². The highest BCUT2D eigenvalue weighted by Gasteiger charge is 2.51. The zero-order valence-corrected chi connectivity index (χ0v) is 14.3. The molecule has 1 aliphatic rings.